The topological polar surface area (TPSA) is 49.3 Å². The monoisotopic (exact) mass is 261 g/mol. The molecule has 1 aromatic rings. The van der Waals surface area contributed by atoms with E-state index in [1.54, 1.807) is 30.3 Å². The Bertz CT molecular complexity index is 379. The molecule has 0 aromatic heterocycles. The fraction of sp³-hybridized carbons (Fsp3) is 0.417. The maximum absolute atomic E-state index is 11.9. The summed E-state index contributed by atoms with van der Waals surface area (Å²) in [6.07, 6.45) is -6.14. The Morgan fingerprint density at radius 1 is 1.28 bits per heavy atom. The first kappa shape index (κ1) is 14.5. The van der Waals surface area contributed by atoms with Crippen molar-refractivity contribution in [3.63, 3.8) is 0 Å². The number of halogens is 3. The lowest BCUT2D eigenvalue weighted by Gasteiger charge is -2.17. The molecule has 0 fully saturated rings. The van der Waals surface area contributed by atoms with Crippen LogP contribution >= 0.6 is 0 Å². The molecule has 1 rings (SSSR count). The van der Waals surface area contributed by atoms with Gasteiger partial charge in [0.1, 0.15) is 0 Å². The number of amides is 1. The highest BCUT2D eigenvalue weighted by Gasteiger charge is 2.28. The molecule has 1 amide bonds. The van der Waals surface area contributed by atoms with E-state index in [0.717, 1.165) is 0 Å². The molecule has 1 aromatic carbocycles. The van der Waals surface area contributed by atoms with Crippen LogP contribution < -0.4 is 5.32 Å². The van der Waals surface area contributed by atoms with Gasteiger partial charge >= 0.3 is 6.18 Å². The van der Waals surface area contributed by atoms with Crippen molar-refractivity contribution < 1.29 is 23.1 Å². The predicted octanol–water partition coefficient (Wildman–Crippen LogP) is 2.18. The smallest absolute Gasteiger partial charge is 0.389 e. The van der Waals surface area contributed by atoms with Gasteiger partial charge in [-0.25, -0.2) is 0 Å². The van der Waals surface area contributed by atoms with E-state index in [4.69, 9.17) is 5.11 Å². The van der Waals surface area contributed by atoms with Crippen LogP contribution in [0.4, 0.5) is 13.2 Å². The lowest BCUT2D eigenvalue weighted by molar-refractivity contribution is -0.144. The fourth-order valence-electron chi connectivity index (χ4n) is 1.44. The summed E-state index contributed by atoms with van der Waals surface area (Å²) in [7, 11) is 0. The predicted molar refractivity (Wildman–Crippen MR) is 59.7 cm³/mol. The first-order valence-electron chi connectivity index (χ1n) is 5.44. The molecular weight excluding hydrogens is 247 g/mol. The van der Waals surface area contributed by atoms with E-state index in [2.05, 4.69) is 5.32 Å². The summed E-state index contributed by atoms with van der Waals surface area (Å²) in [5.74, 6) is -0.727. The largest absolute Gasteiger partial charge is 0.394 e. The number of hydrogen-bond donors (Lipinski definition) is 2. The summed E-state index contributed by atoms with van der Waals surface area (Å²) >= 11 is 0. The van der Waals surface area contributed by atoms with Crippen LogP contribution in [0, 0.1) is 0 Å². The molecule has 0 radical (unpaired) electrons. The number of aliphatic hydroxyl groups is 1. The molecule has 1 unspecified atom stereocenters. The van der Waals surface area contributed by atoms with Crippen LogP contribution in [0.15, 0.2) is 30.3 Å². The van der Waals surface area contributed by atoms with E-state index in [-0.39, 0.29) is 6.61 Å². The maximum Gasteiger partial charge on any atom is 0.389 e. The number of nitrogens with one attached hydrogen (secondary N) is 1. The first-order chi connectivity index (χ1) is 8.42. The molecule has 0 aliphatic rings. The maximum atomic E-state index is 11.9. The Labute approximate surface area is 103 Å². The molecule has 0 heterocycles. The van der Waals surface area contributed by atoms with Gasteiger partial charge < -0.3 is 10.4 Å². The zero-order valence-electron chi connectivity index (χ0n) is 9.57. The highest BCUT2D eigenvalue weighted by Crippen LogP contribution is 2.21. The highest BCUT2D eigenvalue weighted by atomic mass is 19.4. The lowest BCUT2D eigenvalue weighted by Crippen LogP contribution is -2.31. The average Bonchev–Trinajstić information content (AvgIpc) is 2.33. The van der Waals surface area contributed by atoms with Crippen LogP contribution in [-0.4, -0.2) is 23.8 Å². The SMILES string of the molecule is O=C(CCC(F)(F)F)NC(CO)c1ccccc1. The van der Waals surface area contributed by atoms with Crippen molar-refractivity contribution in [2.75, 3.05) is 6.61 Å². The Hall–Kier alpha value is -1.56. The van der Waals surface area contributed by atoms with E-state index in [1.165, 1.54) is 0 Å². The highest BCUT2D eigenvalue weighted by molar-refractivity contribution is 5.76. The number of hydrogen-bond acceptors (Lipinski definition) is 2. The third-order valence-electron chi connectivity index (χ3n) is 2.36. The van der Waals surface area contributed by atoms with Crippen molar-refractivity contribution in [3.05, 3.63) is 35.9 Å². The molecular formula is C12H14F3NO2. The van der Waals surface area contributed by atoms with Crippen molar-refractivity contribution in [1.82, 2.24) is 5.32 Å². The lowest BCUT2D eigenvalue weighted by atomic mass is 10.1. The summed E-state index contributed by atoms with van der Waals surface area (Å²) in [6.45, 7) is -0.359. The Morgan fingerprint density at radius 3 is 2.39 bits per heavy atom. The van der Waals surface area contributed by atoms with Crippen molar-refractivity contribution >= 4 is 5.91 Å². The van der Waals surface area contributed by atoms with Crippen LogP contribution in [0.3, 0.4) is 0 Å². The summed E-state index contributed by atoms with van der Waals surface area (Å²) < 4.78 is 35.8. The third kappa shape index (κ3) is 5.18. The van der Waals surface area contributed by atoms with Gasteiger partial charge in [0.05, 0.1) is 19.1 Å². The number of benzene rings is 1. The summed E-state index contributed by atoms with van der Waals surface area (Å²) in [4.78, 5) is 11.3. The van der Waals surface area contributed by atoms with Gasteiger partial charge in [0, 0.05) is 6.42 Å². The fourth-order valence-corrected chi connectivity index (χ4v) is 1.44. The Balaban J connectivity index is 2.51. The molecule has 18 heavy (non-hydrogen) atoms. The van der Waals surface area contributed by atoms with E-state index >= 15 is 0 Å². The summed E-state index contributed by atoms with van der Waals surface area (Å²) in [5.41, 5.74) is 0.653. The van der Waals surface area contributed by atoms with Gasteiger partial charge in [-0.1, -0.05) is 30.3 Å². The second-order valence-electron chi connectivity index (χ2n) is 3.83. The number of rotatable bonds is 5. The zero-order valence-corrected chi connectivity index (χ0v) is 9.57. The van der Waals surface area contributed by atoms with Crippen molar-refractivity contribution in [3.8, 4) is 0 Å². The average molecular weight is 261 g/mol. The van der Waals surface area contributed by atoms with E-state index in [1.807, 2.05) is 0 Å². The van der Waals surface area contributed by atoms with Crippen LogP contribution in [-0.2, 0) is 4.79 Å². The number of alkyl halides is 3. The minimum Gasteiger partial charge on any atom is -0.394 e. The number of carbonyl (C=O) groups excluding carboxylic acids is 1. The minimum absolute atomic E-state index is 0.359. The van der Waals surface area contributed by atoms with Crippen LogP contribution in [0.5, 0.6) is 0 Å². The molecule has 1 atom stereocenters. The van der Waals surface area contributed by atoms with Gasteiger partial charge in [0.25, 0.3) is 0 Å². The van der Waals surface area contributed by atoms with E-state index in [0.29, 0.717) is 5.56 Å². The molecule has 3 nitrogen and oxygen atoms in total. The van der Waals surface area contributed by atoms with Gasteiger partial charge in [-0.3, -0.25) is 4.79 Å². The normalized spacial score (nSPS) is 13.1. The molecule has 0 saturated carbocycles. The molecule has 0 bridgehead atoms. The summed E-state index contributed by atoms with van der Waals surface area (Å²) in [6, 6.07) is 7.91. The second kappa shape index (κ2) is 6.39. The Kier molecular flexibility index (Phi) is 5.15. The van der Waals surface area contributed by atoms with Gasteiger partial charge in [0.2, 0.25) is 5.91 Å². The molecule has 6 heteroatoms. The number of aliphatic hydroxyl groups excluding tert-OH is 1. The Morgan fingerprint density at radius 2 is 1.89 bits per heavy atom. The van der Waals surface area contributed by atoms with Crippen LogP contribution in [0.25, 0.3) is 0 Å². The number of carbonyl (C=O) groups is 1. The van der Waals surface area contributed by atoms with Crippen LogP contribution in [0.1, 0.15) is 24.4 Å². The third-order valence-corrected chi connectivity index (χ3v) is 2.36. The van der Waals surface area contributed by atoms with Gasteiger partial charge in [-0.05, 0) is 5.56 Å². The molecule has 0 saturated heterocycles. The van der Waals surface area contributed by atoms with Gasteiger partial charge in [-0.15, -0.1) is 0 Å². The standard InChI is InChI=1S/C12H14F3NO2/c13-12(14,15)7-6-11(18)16-10(8-17)9-4-2-1-3-5-9/h1-5,10,17H,6-8H2,(H,16,18). The minimum atomic E-state index is -4.35. The summed E-state index contributed by atoms with van der Waals surface area (Å²) in [5, 5.41) is 11.5. The van der Waals surface area contributed by atoms with Crippen molar-refractivity contribution in [2.45, 2.75) is 25.1 Å². The molecule has 0 aliphatic heterocycles. The van der Waals surface area contributed by atoms with Gasteiger partial charge in [-0.2, -0.15) is 13.2 Å². The zero-order chi connectivity index (χ0) is 13.6. The molecule has 0 aliphatic carbocycles. The molecule has 2 N–H and O–H groups in total. The first-order valence-corrected chi connectivity index (χ1v) is 5.44. The van der Waals surface area contributed by atoms with Crippen LogP contribution in [0.2, 0.25) is 0 Å². The molecule has 100 valence electrons. The quantitative estimate of drug-likeness (QED) is 0.853. The van der Waals surface area contributed by atoms with E-state index in [9.17, 15) is 18.0 Å². The van der Waals surface area contributed by atoms with Crippen molar-refractivity contribution in [2.24, 2.45) is 0 Å². The van der Waals surface area contributed by atoms with Crippen molar-refractivity contribution in [1.29, 1.82) is 0 Å². The molecule has 0 spiro atoms. The van der Waals surface area contributed by atoms with Gasteiger partial charge in [0.15, 0.2) is 0 Å². The second-order valence-corrected chi connectivity index (χ2v) is 3.83. The van der Waals surface area contributed by atoms with E-state index < -0.39 is 31.0 Å².